The average molecular weight is 341 g/mol. The molecule has 2 aromatic heterocycles. The third-order valence-corrected chi connectivity index (χ3v) is 4.26. The summed E-state index contributed by atoms with van der Waals surface area (Å²) in [6.45, 7) is 7.22. The van der Waals surface area contributed by atoms with Crippen LogP contribution in [-0.2, 0) is 9.59 Å². The van der Waals surface area contributed by atoms with E-state index in [0.29, 0.717) is 24.7 Å². The van der Waals surface area contributed by atoms with Gasteiger partial charge in [-0.25, -0.2) is 9.97 Å². The number of imidazole rings is 1. The molecule has 1 saturated heterocycles. The number of nitrogens with zero attached hydrogens (tertiary/aromatic N) is 4. The summed E-state index contributed by atoms with van der Waals surface area (Å²) in [5.41, 5.74) is 0.626. The first kappa shape index (κ1) is 17.1. The molecule has 1 N–H and O–H groups in total. The third kappa shape index (κ3) is 3.87. The van der Waals surface area contributed by atoms with E-state index in [9.17, 15) is 9.59 Å². The molecule has 0 aliphatic carbocycles. The standard InChI is InChI=1S/C18H23N5O2/c1-12(2)10-22-11-14(8-17(22)24)18(25)21-15-4-5-16(20-9-15)23-7-6-19-13(23)3/h4-7,9,12,14H,8,10-11H2,1-3H3,(H,21,25). The van der Waals surface area contributed by atoms with Crippen LogP contribution in [0.3, 0.4) is 0 Å². The van der Waals surface area contributed by atoms with E-state index in [2.05, 4.69) is 29.1 Å². The first-order chi connectivity index (χ1) is 11.9. The van der Waals surface area contributed by atoms with Crippen LogP contribution in [0.2, 0.25) is 0 Å². The summed E-state index contributed by atoms with van der Waals surface area (Å²) in [6.07, 6.45) is 5.45. The van der Waals surface area contributed by atoms with Crippen LogP contribution in [0.1, 0.15) is 26.1 Å². The molecule has 0 saturated carbocycles. The number of carbonyl (C=O) groups is 2. The zero-order valence-electron chi connectivity index (χ0n) is 14.8. The predicted molar refractivity (Wildman–Crippen MR) is 94.3 cm³/mol. The van der Waals surface area contributed by atoms with Crippen molar-refractivity contribution in [2.75, 3.05) is 18.4 Å². The Morgan fingerprint density at radius 3 is 2.76 bits per heavy atom. The maximum atomic E-state index is 12.4. The second-order valence-electron chi connectivity index (χ2n) is 6.83. The number of amides is 2. The van der Waals surface area contributed by atoms with Crippen LogP contribution >= 0.6 is 0 Å². The van der Waals surface area contributed by atoms with Gasteiger partial charge < -0.3 is 10.2 Å². The molecule has 1 unspecified atom stereocenters. The van der Waals surface area contributed by atoms with Gasteiger partial charge in [-0.05, 0) is 25.0 Å². The Hall–Kier alpha value is -2.70. The molecule has 3 heterocycles. The summed E-state index contributed by atoms with van der Waals surface area (Å²) in [5, 5.41) is 2.86. The molecule has 1 atom stereocenters. The molecule has 0 spiro atoms. The summed E-state index contributed by atoms with van der Waals surface area (Å²) in [7, 11) is 0. The van der Waals surface area contributed by atoms with E-state index in [1.165, 1.54) is 0 Å². The molecule has 0 radical (unpaired) electrons. The van der Waals surface area contributed by atoms with Crippen molar-refractivity contribution in [3.8, 4) is 5.82 Å². The second kappa shape index (κ2) is 7.04. The minimum Gasteiger partial charge on any atom is -0.342 e. The lowest BCUT2D eigenvalue weighted by molar-refractivity contribution is -0.128. The lowest BCUT2D eigenvalue weighted by atomic mass is 10.1. The number of hydrogen-bond donors (Lipinski definition) is 1. The van der Waals surface area contributed by atoms with Gasteiger partial charge in [-0.2, -0.15) is 0 Å². The van der Waals surface area contributed by atoms with Crippen molar-refractivity contribution in [1.82, 2.24) is 19.4 Å². The number of likely N-dealkylation sites (tertiary alicyclic amines) is 1. The van der Waals surface area contributed by atoms with Gasteiger partial charge in [0.25, 0.3) is 0 Å². The molecular formula is C18H23N5O2. The van der Waals surface area contributed by atoms with E-state index < -0.39 is 0 Å². The van der Waals surface area contributed by atoms with Gasteiger partial charge in [0.1, 0.15) is 11.6 Å². The highest BCUT2D eigenvalue weighted by Crippen LogP contribution is 2.21. The fourth-order valence-electron chi connectivity index (χ4n) is 3.03. The number of carbonyl (C=O) groups excluding carboxylic acids is 2. The molecule has 0 aromatic carbocycles. The molecule has 3 rings (SSSR count). The minimum absolute atomic E-state index is 0.0536. The van der Waals surface area contributed by atoms with Crippen molar-refractivity contribution >= 4 is 17.5 Å². The zero-order valence-corrected chi connectivity index (χ0v) is 14.8. The zero-order chi connectivity index (χ0) is 18.0. The SMILES string of the molecule is Cc1nccn1-c1ccc(NC(=O)C2CC(=O)N(CC(C)C)C2)cn1. The monoisotopic (exact) mass is 341 g/mol. The number of rotatable bonds is 5. The number of hydrogen-bond acceptors (Lipinski definition) is 4. The molecule has 25 heavy (non-hydrogen) atoms. The van der Waals surface area contributed by atoms with Crippen molar-refractivity contribution in [2.45, 2.75) is 27.2 Å². The van der Waals surface area contributed by atoms with Crippen LogP contribution in [-0.4, -0.2) is 44.3 Å². The Labute approximate surface area is 147 Å². The largest absolute Gasteiger partial charge is 0.342 e. The van der Waals surface area contributed by atoms with Crippen LogP contribution in [0.5, 0.6) is 0 Å². The van der Waals surface area contributed by atoms with Crippen molar-refractivity contribution in [2.24, 2.45) is 11.8 Å². The molecule has 1 fully saturated rings. The van der Waals surface area contributed by atoms with E-state index in [1.54, 1.807) is 17.3 Å². The van der Waals surface area contributed by atoms with Gasteiger partial charge in [-0.3, -0.25) is 14.2 Å². The van der Waals surface area contributed by atoms with Gasteiger partial charge in [-0.1, -0.05) is 13.8 Å². The van der Waals surface area contributed by atoms with Gasteiger partial charge in [0.15, 0.2) is 0 Å². The molecular weight excluding hydrogens is 318 g/mol. The Balaban J connectivity index is 1.62. The molecule has 2 amide bonds. The second-order valence-corrected chi connectivity index (χ2v) is 6.83. The van der Waals surface area contributed by atoms with Crippen LogP contribution in [0.25, 0.3) is 5.82 Å². The molecule has 1 aliphatic heterocycles. The average Bonchev–Trinajstić information content (AvgIpc) is 3.14. The Bertz CT molecular complexity index is 766. The van der Waals surface area contributed by atoms with E-state index >= 15 is 0 Å². The molecule has 0 bridgehead atoms. The van der Waals surface area contributed by atoms with E-state index in [1.807, 2.05) is 29.8 Å². The number of aromatic nitrogens is 3. The van der Waals surface area contributed by atoms with Crippen LogP contribution < -0.4 is 5.32 Å². The van der Waals surface area contributed by atoms with Gasteiger partial charge in [-0.15, -0.1) is 0 Å². The maximum absolute atomic E-state index is 12.4. The Kier molecular flexibility index (Phi) is 4.83. The molecule has 7 nitrogen and oxygen atoms in total. The fourth-order valence-corrected chi connectivity index (χ4v) is 3.03. The van der Waals surface area contributed by atoms with E-state index in [4.69, 9.17) is 0 Å². The van der Waals surface area contributed by atoms with Crippen LogP contribution in [0.4, 0.5) is 5.69 Å². The number of aryl methyl sites for hydroxylation is 1. The lowest BCUT2D eigenvalue weighted by Crippen LogP contribution is -2.31. The van der Waals surface area contributed by atoms with Crippen LogP contribution in [0, 0.1) is 18.8 Å². The van der Waals surface area contributed by atoms with Gasteiger partial charge >= 0.3 is 0 Å². The minimum atomic E-state index is -0.304. The number of pyridine rings is 1. The summed E-state index contributed by atoms with van der Waals surface area (Å²) in [4.78, 5) is 34.7. The van der Waals surface area contributed by atoms with Gasteiger partial charge in [0.05, 0.1) is 17.8 Å². The predicted octanol–water partition coefficient (Wildman–Crippen LogP) is 2.02. The first-order valence-electron chi connectivity index (χ1n) is 8.49. The van der Waals surface area contributed by atoms with E-state index in [0.717, 1.165) is 11.6 Å². The highest BCUT2D eigenvalue weighted by molar-refractivity contribution is 5.97. The van der Waals surface area contributed by atoms with Crippen molar-refractivity contribution in [3.05, 3.63) is 36.5 Å². The van der Waals surface area contributed by atoms with Gasteiger partial charge in [0.2, 0.25) is 11.8 Å². The Morgan fingerprint density at radius 2 is 2.16 bits per heavy atom. The van der Waals surface area contributed by atoms with Gasteiger partial charge in [0, 0.05) is 31.9 Å². The van der Waals surface area contributed by atoms with E-state index in [-0.39, 0.29) is 24.2 Å². The van der Waals surface area contributed by atoms with Crippen molar-refractivity contribution < 1.29 is 9.59 Å². The quantitative estimate of drug-likeness (QED) is 0.902. The summed E-state index contributed by atoms with van der Waals surface area (Å²) < 4.78 is 1.87. The normalized spacial score (nSPS) is 17.4. The number of nitrogens with one attached hydrogen (secondary N) is 1. The lowest BCUT2D eigenvalue weighted by Gasteiger charge is -2.18. The maximum Gasteiger partial charge on any atom is 0.229 e. The highest BCUT2D eigenvalue weighted by Gasteiger charge is 2.34. The summed E-state index contributed by atoms with van der Waals surface area (Å²) in [5.74, 6) is 1.60. The van der Waals surface area contributed by atoms with Crippen LogP contribution in [0.15, 0.2) is 30.7 Å². The van der Waals surface area contributed by atoms with Crippen molar-refractivity contribution in [1.29, 1.82) is 0 Å². The smallest absolute Gasteiger partial charge is 0.229 e. The molecule has 132 valence electrons. The number of anilines is 1. The Morgan fingerprint density at radius 1 is 1.36 bits per heavy atom. The topological polar surface area (TPSA) is 80.1 Å². The fraction of sp³-hybridized carbons (Fsp3) is 0.444. The molecule has 2 aromatic rings. The first-order valence-corrected chi connectivity index (χ1v) is 8.49. The summed E-state index contributed by atoms with van der Waals surface area (Å²) in [6, 6.07) is 3.64. The van der Waals surface area contributed by atoms with Crippen molar-refractivity contribution in [3.63, 3.8) is 0 Å². The summed E-state index contributed by atoms with van der Waals surface area (Å²) >= 11 is 0. The third-order valence-electron chi connectivity index (χ3n) is 4.26. The molecule has 7 heteroatoms. The highest BCUT2D eigenvalue weighted by atomic mass is 16.2. The molecule has 1 aliphatic rings.